The average Bonchev–Trinajstić information content (AvgIpc) is 2.35. The molecule has 21 heavy (non-hydrogen) atoms. The minimum absolute atomic E-state index is 0.000654. The van der Waals surface area contributed by atoms with Gasteiger partial charge in [0.05, 0.1) is 23.9 Å². The van der Waals surface area contributed by atoms with Crippen LogP contribution in [0.3, 0.4) is 0 Å². The summed E-state index contributed by atoms with van der Waals surface area (Å²) < 4.78 is 23.6. The second-order valence-electron chi connectivity index (χ2n) is 6.35. The highest BCUT2D eigenvalue weighted by Gasteiger charge is 2.15. The van der Waals surface area contributed by atoms with Crippen LogP contribution < -0.4 is 5.56 Å². The zero-order valence-corrected chi connectivity index (χ0v) is 13.6. The Hall–Kier alpha value is -1.69. The molecular weight excluding hydrogens is 288 g/mol. The topological polar surface area (TPSA) is 69.0 Å². The van der Waals surface area contributed by atoms with Crippen molar-refractivity contribution in [3.63, 3.8) is 0 Å². The molecule has 1 aromatic carbocycles. The number of fused-ring (bicyclic) bond motifs is 1. The largest absolute Gasteiger partial charge is 0.274 e. The SMILES string of the molecule is CC(C)(C)c1ccc2c(=O)n(CCS(C)(=O)=O)ncc2c1. The number of aryl methyl sites for hydroxylation is 1. The summed E-state index contributed by atoms with van der Waals surface area (Å²) in [6.07, 6.45) is 2.77. The first-order valence-electron chi connectivity index (χ1n) is 6.76. The lowest BCUT2D eigenvalue weighted by molar-refractivity contribution is 0.577. The summed E-state index contributed by atoms with van der Waals surface area (Å²) in [5, 5.41) is 5.41. The van der Waals surface area contributed by atoms with Crippen molar-refractivity contribution < 1.29 is 8.42 Å². The molecule has 0 spiro atoms. The van der Waals surface area contributed by atoms with E-state index in [2.05, 4.69) is 25.9 Å². The van der Waals surface area contributed by atoms with E-state index in [1.165, 1.54) is 4.68 Å². The van der Waals surface area contributed by atoms with Gasteiger partial charge in [-0.05, 0) is 23.1 Å². The van der Waals surface area contributed by atoms with Crippen LogP contribution in [-0.2, 0) is 21.8 Å². The Labute approximate surface area is 124 Å². The van der Waals surface area contributed by atoms with Crippen LogP contribution in [-0.4, -0.2) is 30.2 Å². The van der Waals surface area contributed by atoms with Gasteiger partial charge in [-0.1, -0.05) is 26.8 Å². The van der Waals surface area contributed by atoms with Gasteiger partial charge >= 0.3 is 0 Å². The Balaban J connectivity index is 2.47. The van der Waals surface area contributed by atoms with Crippen molar-refractivity contribution in [1.29, 1.82) is 0 Å². The van der Waals surface area contributed by atoms with Crippen molar-refractivity contribution in [3.8, 4) is 0 Å². The summed E-state index contributed by atoms with van der Waals surface area (Å²) in [4.78, 5) is 12.3. The van der Waals surface area contributed by atoms with Crippen molar-refractivity contribution in [2.24, 2.45) is 0 Å². The van der Waals surface area contributed by atoms with Crippen LogP contribution in [0.2, 0.25) is 0 Å². The van der Waals surface area contributed by atoms with Crippen LogP contribution in [0.25, 0.3) is 10.8 Å². The maximum atomic E-state index is 12.3. The first-order chi connectivity index (χ1) is 9.58. The number of hydrogen-bond donors (Lipinski definition) is 0. The fourth-order valence-corrected chi connectivity index (χ4v) is 2.57. The zero-order chi connectivity index (χ0) is 15.8. The van der Waals surface area contributed by atoms with E-state index < -0.39 is 9.84 Å². The second-order valence-corrected chi connectivity index (χ2v) is 8.61. The second kappa shape index (κ2) is 5.26. The van der Waals surface area contributed by atoms with E-state index in [-0.39, 0.29) is 23.3 Å². The Morgan fingerprint density at radius 3 is 2.48 bits per heavy atom. The number of aromatic nitrogens is 2. The highest BCUT2D eigenvalue weighted by molar-refractivity contribution is 7.90. The van der Waals surface area contributed by atoms with Crippen LogP contribution >= 0.6 is 0 Å². The lowest BCUT2D eigenvalue weighted by atomic mass is 9.86. The molecule has 2 rings (SSSR count). The number of hydrogen-bond acceptors (Lipinski definition) is 4. The summed E-state index contributed by atoms with van der Waals surface area (Å²) in [5.74, 6) is -0.0918. The van der Waals surface area contributed by atoms with Crippen LogP contribution in [0.5, 0.6) is 0 Å². The molecule has 2 aromatic rings. The van der Waals surface area contributed by atoms with Crippen LogP contribution in [0.4, 0.5) is 0 Å². The van der Waals surface area contributed by atoms with Gasteiger partial charge in [0.25, 0.3) is 5.56 Å². The van der Waals surface area contributed by atoms with Crippen molar-refractivity contribution in [3.05, 3.63) is 40.3 Å². The number of sulfone groups is 1. The van der Waals surface area contributed by atoms with Gasteiger partial charge in [0.1, 0.15) is 9.84 Å². The molecule has 0 atom stereocenters. The summed E-state index contributed by atoms with van der Waals surface area (Å²) in [7, 11) is -3.12. The Kier molecular flexibility index (Phi) is 3.93. The quantitative estimate of drug-likeness (QED) is 0.866. The molecule has 5 nitrogen and oxygen atoms in total. The zero-order valence-electron chi connectivity index (χ0n) is 12.8. The molecule has 0 saturated heterocycles. The minimum atomic E-state index is -3.12. The third kappa shape index (κ3) is 3.69. The number of nitrogens with zero attached hydrogens (tertiary/aromatic N) is 2. The van der Waals surface area contributed by atoms with Crippen molar-refractivity contribution in [2.45, 2.75) is 32.7 Å². The van der Waals surface area contributed by atoms with Gasteiger partial charge in [0, 0.05) is 11.6 Å². The molecule has 0 N–H and O–H groups in total. The van der Waals surface area contributed by atoms with Gasteiger partial charge in [0.2, 0.25) is 0 Å². The van der Waals surface area contributed by atoms with Gasteiger partial charge in [-0.15, -0.1) is 0 Å². The maximum absolute atomic E-state index is 12.3. The van der Waals surface area contributed by atoms with Gasteiger partial charge < -0.3 is 0 Å². The molecule has 0 bridgehead atoms. The standard InChI is InChI=1S/C15H20N2O3S/c1-15(2,3)12-5-6-13-11(9-12)10-16-17(14(13)18)7-8-21(4,19)20/h5-6,9-10H,7-8H2,1-4H3. The van der Waals surface area contributed by atoms with Crippen LogP contribution in [0, 0.1) is 0 Å². The normalized spacial score (nSPS) is 12.8. The van der Waals surface area contributed by atoms with E-state index in [0.29, 0.717) is 5.39 Å². The molecular formula is C15H20N2O3S. The smallest absolute Gasteiger partial charge is 0.267 e. The van der Waals surface area contributed by atoms with Gasteiger partial charge in [-0.25, -0.2) is 13.1 Å². The van der Waals surface area contributed by atoms with Gasteiger partial charge in [-0.2, -0.15) is 5.10 Å². The maximum Gasteiger partial charge on any atom is 0.274 e. The Morgan fingerprint density at radius 1 is 1.24 bits per heavy atom. The molecule has 0 amide bonds. The summed E-state index contributed by atoms with van der Waals surface area (Å²) >= 11 is 0. The molecule has 114 valence electrons. The molecule has 0 unspecified atom stereocenters. The molecule has 0 aliphatic heterocycles. The van der Waals surface area contributed by atoms with E-state index in [1.807, 2.05) is 12.1 Å². The van der Waals surface area contributed by atoms with Crippen molar-refractivity contribution >= 4 is 20.6 Å². The lowest BCUT2D eigenvalue weighted by Crippen LogP contribution is -2.26. The predicted octanol–water partition coefficient (Wildman–Crippen LogP) is 1.74. The molecule has 0 radical (unpaired) electrons. The van der Waals surface area contributed by atoms with E-state index in [9.17, 15) is 13.2 Å². The van der Waals surface area contributed by atoms with E-state index in [1.54, 1.807) is 12.3 Å². The molecule has 0 aliphatic rings. The molecule has 0 saturated carbocycles. The van der Waals surface area contributed by atoms with Gasteiger partial charge in [0.15, 0.2) is 0 Å². The Bertz CT molecular complexity index is 830. The molecule has 0 fully saturated rings. The Morgan fingerprint density at radius 2 is 1.90 bits per heavy atom. The molecule has 1 heterocycles. The molecule has 1 aromatic heterocycles. The number of benzene rings is 1. The van der Waals surface area contributed by atoms with E-state index in [0.717, 1.165) is 17.2 Å². The fraction of sp³-hybridized carbons (Fsp3) is 0.467. The lowest BCUT2D eigenvalue weighted by Gasteiger charge is -2.19. The summed E-state index contributed by atoms with van der Waals surface area (Å²) in [6.45, 7) is 6.40. The monoisotopic (exact) mass is 308 g/mol. The van der Waals surface area contributed by atoms with Crippen molar-refractivity contribution in [2.75, 3.05) is 12.0 Å². The van der Waals surface area contributed by atoms with Crippen LogP contribution in [0.15, 0.2) is 29.2 Å². The highest BCUT2D eigenvalue weighted by atomic mass is 32.2. The first-order valence-corrected chi connectivity index (χ1v) is 8.82. The molecule has 0 aliphatic carbocycles. The fourth-order valence-electron chi connectivity index (χ4n) is 2.07. The third-order valence-electron chi connectivity index (χ3n) is 3.39. The molecule has 6 heteroatoms. The summed E-state index contributed by atoms with van der Waals surface area (Å²) in [6, 6.07) is 5.69. The highest BCUT2D eigenvalue weighted by Crippen LogP contribution is 2.24. The van der Waals surface area contributed by atoms with Crippen LogP contribution in [0.1, 0.15) is 26.3 Å². The first kappa shape index (κ1) is 15.7. The summed E-state index contributed by atoms with van der Waals surface area (Å²) in [5.41, 5.74) is 0.876. The minimum Gasteiger partial charge on any atom is -0.267 e. The van der Waals surface area contributed by atoms with E-state index >= 15 is 0 Å². The predicted molar refractivity (Wildman–Crippen MR) is 84.4 cm³/mol. The number of rotatable bonds is 3. The van der Waals surface area contributed by atoms with Gasteiger partial charge in [-0.3, -0.25) is 4.79 Å². The van der Waals surface area contributed by atoms with E-state index in [4.69, 9.17) is 0 Å². The third-order valence-corrected chi connectivity index (χ3v) is 4.32. The average molecular weight is 308 g/mol. The van der Waals surface area contributed by atoms with Crippen molar-refractivity contribution in [1.82, 2.24) is 9.78 Å².